The first kappa shape index (κ1) is 13.0. The molecule has 0 radical (unpaired) electrons. The number of hydrogen-bond acceptors (Lipinski definition) is 2. The highest BCUT2D eigenvalue weighted by atomic mass is 14.4. The summed E-state index contributed by atoms with van der Waals surface area (Å²) in [6.45, 7) is 10.6. The lowest BCUT2D eigenvalue weighted by atomic mass is 9.79. The van der Waals surface area contributed by atoms with Gasteiger partial charge in [0.05, 0.1) is 12.1 Å². The van der Waals surface area contributed by atoms with E-state index in [1.807, 2.05) is 13.8 Å². The minimum Gasteiger partial charge on any atom is -0.197 e. The van der Waals surface area contributed by atoms with E-state index >= 15 is 0 Å². The first-order valence-corrected chi connectivity index (χ1v) is 4.57. The average Bonchev–Trinajstić information content (AvgIpc) is 2.27. The zero-order valence-corrected chi connectivity index (χ0v) is 9.22. The molecule has 76 valence electrons. The quantitative estimate of drug-likeness (QED) is 0.651. The Morgan fingerprint density at radius 3 is 1.53 bits per heavy atom. The first-order chi connectivity index (χ1) is 7.03. The number of nitrogens with zero attached hydrogens (tertiary/aromatic N) is 2. The standard InChI is InChI=1S/C13H14N2/c1-5-11(3)7-13(9-14,10-15)8-12(4)6-2/h1-2,7-8H2,3-4H3. The van der Waals surface area contributed by atoms with E-state index in [1.165, 1.54) is 0 Å². The predicted molar refractivity (Wildman–Crippen MR) is 59.5 cm³/mol. The van der Waals surface area contributed by atoms with E-state index in [0.29, 0.717) is 12.8 Å². The van der Waals surface area contributed by atoms with E-state index in [-0.39, 0.29) is 0 Å². The van der Waals surface area contributed by atoms with Crippen LogP contribution in [0.25, 0.3) is 0 Å². The van der Waals surface area contributed by atoms with Crippen molar-refractivity contribution in [2.75, 3.05) is 0 Å². The molecule has 0 saturated carbocycles. The number of allylic oxidation sites excluding steroid dienone is 2. The molecule has 15 heavy (non-hydrogen) atoms. The van der Waals surface area contributed by atoms with Gasteiger partial charge in [-0.05, 0) is 25.0 Å². The van der Waals surface area contributed by atoms with Gasteiger partial charge in [-0.25, -0.2) is 0 Å². The van der Waals surface area contributed by atoms with Crippen molar-refractivity contribution in [3.8, 4) is 12.1 Å². The van der Waals surface area contributed by atoms with Crippen LogP contribution in [-0.4, -0.2) is 0 Å². The fourth-order valence-corrected chi connectivity index (χ4v) is 1.28. The van der Waals surface area contributed by atoms with Gasteiger partial charge in [-0.15, -0.1) is 11.5 Å². The third kappa shape index (κ3) is 3.72. The van der Waals surface area contributed by atoms with Crippen molar-refractivity contribution in [3.05, 3.63) is 35.8 Å². The Bertz CT molecular complexity index is 374. The lowest BCUT2D eigenvalue weighted by Gasteiger charge is -2.17. The molecule has 0 aliphatic heterocycles. The van der Waals surface area contributed by atoms with Crippen molar-refractivity contribution in [3.63, 3.8) is 0 Å². The molecule has 0 unspecified atom stereocenters. The molecule has 0 rings (SSSR count). The minimum atomic E-state index is -1.04. The van der Waals surface area contributed by atoms with E-state index in [4.69, 9.17) is 10.5 Å². The van der Waals surface area contributed by atoms with Crippen molar-refractivity contribution in [2.24, 2.45) is 5.41 Å². The summed E-state index contributed by atoms with van der Waals surface area (Å²) in [6, 6.07) is 4.11. The molecule has 0 saturated heterocycles. The van der Waals surface area contributed by atoms with E-state index in [2.05, 4.69) is 36.8 Å². The number of rotatable bonds is 4. The van der Waals surface area contributed by atoms with Gasteiger partial charge in [-0.2, -0.15) is 10.5 Å². The molecule has 2 nitrogen and oxygen atoms in total. The number of nitriles is 2. The van der Waals surface area contributed by atoms with Crippen LogP contribution in [0.15, 0.2) is 35.8 Å². The lowest BCUT2D eigenvalue weighted by molar-refractivity contribution is 0.511. The molecule has 0 aromatic carbocycles. The summed E-state index contributed by atoms with van der Waals surface area (Å²) in [5, 5.41) is 18.1. The van der Waals surface area contributed by atoms with Crippen LogP contribution in [0.2, 0.25) is 0 Å². The largest absolute Gasteiger partial charge is 0.197 e. The van der Waals surface area contributed by atoms with Crippen LogP contribution in [0.5, 0.6) is 0 Å². The SMILES string of the molecule is C=C=C(C)CC(C#N)(C#N)CC(C)=C=C. The molecule has 0 aromatic heterocycles. The fraction of sp³-hybridized carbons (Fsp3) is 0.385. The van der Waals surface area contributed by atoms with Crippen LogP contribution in [0.4, 0.5) is 0 Å². The van der Waals surface area contributed by atoms with Gasteiger partial charge in [-0.3, -0.25) is 0 Å². The Morgan fingerprint density at radius 2 is 1.33 bits per heavy atom. The third-order valence-corrected chi connectivity index (χ3v) is 2.17. The molecule has 0 bridgehead atoms. The van der Waals surface area contributed by atoms with E-state index in [9.17, 15) is 0 Å². The average molecular weight is 198 g/mol. The summed E-state index contributed by atoms with van der Waals surface area (Å²) in [4.78, 5) is 0. The molecular weight excluding hydrogens is 184 g/mol. The third-order valence-electron chi connectivity index (χ3n) is 2.17. The Balaban J connectivity index is 5.11. The normalized spacial score (nSPS) is 9.07. The molecule has 0 N–H and O–H groups in total. The molecule has 0 atom stereocenters. The molecule has 0 spiro atoms. The van der Waals surface area contributed by atoms with Gasteiger partial charge in [0, 0.05) is 12.8 Å². The van der Waals surface area contributed by atoms with Crippen molar-refractivity contribution in [2.45, 2.75) is 26.7 Å². The van der Waals surface area contributed by atoms with Crippen LogP contribution in [0, 0.1) is 28.1 Å². The van der Waals surface area contributed by atoms with Crippen LogP contribution >= 0.6 is 0 Å². The summed E-state index contributed by atoms with van der Waals surface area (Å²) in [5.41, 5.74) is 5.99. The molecule has 0 fully saturated rings. The lowest BCUT2D eigenvalue weighted by Crippen LogP contribution is -2.16. The van der Waals surface area contributed by atoms with E-state index in [0.717, 1.165) is 11.1 Å². The van der Waals surface area contributed by atoms with Gasteiger partial charge >= 0.3 is 0 Å². The topological polar surface area (TPSA) is 47.6 Å². The van der Waals surface area contributed by atoms with Crippen LogP contribution < -0.4 is 0 Å². The maximum Gasteiger partial charge on any atom is 0.152 e. The number of hydrogen-bond donors (Lipinski definition) is 0. The second kappa shape index (κ2) is 5.69. The Hall–Kier alpha value is -1.98. The van der Waals surface area contributed by atoms with E-state index < -0.39 is 5.41 Å². The van der Waals surface area contributed by atoms with Crippen LogP contribution in [-0.2, 0) is 0 Å². The second-order valence-electron chi connectivity index (χ2n) is 3.57. The molecule has 0 aliphatic carbocycles. The van der Waals surface area contributed by atoms with Gasteiger partial charge in [0.2, 0.25) is 0 Å². The zero-order valence-electron chi connectivity index (χ0n) is 9.22. The summed E-state index contributed by atoms with van der Waals surface area (Å²) < 4.78 is 0. The maximum absolute atomic E-state index is 9.07. The van der Waals surface area contributed by atoms with Crippen molar-refractivity contribution >= 4 is 0 Å². The van der Waals surface area contributed by atoms with Gasteiger partial charge in [0.15, 0.2) is 5.41 Å². The Morgan fingerprint density at radius 1 is 1.00 bits per heavy atom. The molecular formula is C13H14N2. The summed E-state index contributed by atoms with van der Waals surface area (Å²) in [7, 11) is 0. The summed E-state index contributed by atoms with van der Waals surface area (Å²) in [6.07, 6.45) is 0.727. The highest BCUT2D eigenvalue weighted by Crippen LogP contribution is 2.31. The monoisotopic (exact) mass is 198 g/mol. The van der Waals surface area contributed by atoms with Crippen molar-refractivity contribution in [1.29, 1.82) is 10.5 Å². The highest BCUT2D eigenvalue weighted by molar-refractivity contribution is 5.23. The molecule has 0 aliphatic rings. The van der Waals surface area contributed by atoms with Crippen LogP contribution in [0.1, 0.15) is 26.7 Å². The zero-order chi connectivity index (χ0) is 11.9. The van der Waals surface area contributed by atoms with E-state index in [1.54, 1.807) is 0 Å². The molecule has 0 aromatic rings. The highest BCUT2D eigenvalue weighted by Gasteiger charge is 2.30. The second-order valence-corrected chi connectivity index (χ2v) is 3.57. The van der Waals surface area contributed by atoms with Crippen molar-refractivity contribution < 1.29 is 0 Å². The fourth-order valence-electron chi connectivity index (χ4n) is 1.28. The minimum absolute atomic E-state index is 0.364. The predicted octanol–water partition coefficient (Wildman–Crippen LogP) is 3.26. The summed E-state index contributed by atoms with van der Waals surface area (Å²) in [5.74, 6) is 0. The molecule has 0 heterocycles. The van der Waals surface area contributed by atoms with Gasteiger partial charge in [-0.1, -0.05) is 13.2 Å². The smallest absolute Gasteiger partial charge is 0.152 e. The first-order valence-electron chi connectivity index (χ1n) is 4.57. The molecule has 2 heteroatoms. The van der Waals surface area contributed by atoms with Crippen LogP contribution in [0.3, 0.4) is 0 Å². The molecule has 0 amide bonds. The van der Waals surface area contributed by atoms with Gasteiger partial charge in [0.25, 0.3) is 0 Å². The summed E-state index contributed by atoms with van der Waals surface area (Å²) >= 11 is 0. The maximum atomic E-state index is 9.07. The Labute approximate surface area is 91.1 Å². The Kier molecular flexibility index (Phi) is 4.94. The van der Waals surface area contributed by atoms with Gasteiger partial charge in [0.1, 0.15) is 0 Å². The van der Waals surface area contributed by atoms with Gasteiger partial charge < -0.3 is 0 Å². The van der Waals surface area contributed by atoms with Crippen molar-refractivity contribution in [1.82, 2.24) is 0 Å².